The lowest BCUT2D eigenvalue weighted by Gasteiger charge is -2.22. The number of nitrogens with zero attached hydrogens (tertiary/aromatic N) is 1. The Morgan fingerprint density at radius 3 is 2.09 bits per heavy atom. The minimum Gasteiger partial charge on any atom is -0.467 e. The van der Waals surface area contributed by atoms with Gasteiger partial charge in [-0.05, 0) is 24.5 Å². The van der Waals surface area contributed by atoms with E-state index < -0.39 is 36.0 Å². The van der Waals surface area contributed by atoms with Crippen molar-refractivity contribution in [3.05, 3.63) is 71.8 Å². The molecule has 2 aromatic carbocycles. The van der Waals surface area contributed by atoms with E-state index >= 15 is 0 Å². The number of methoxy groups -OCH3 is 1. The zero-order valence-corrected chi connectivity index (χ0v) is 18.1. The SMILES string of the molecule is COC(=O)[C@@H](C[C@H](C)C#N)NC(=O)[C@@H](Cc1ccccc1)NC(=O)OCc1ccccc1. The van der Waals surface area contributed by atoms with Gasteiger partial charge < -0.3 is 20.1 Å². The van der Waals surface area contributed by atoms with Crippen LogP contribution in [0.15, 0.2) is 60.7 Å². The summed E-state index contributed by atoms with van der Waals surface area (Å²) >= 11 is 0. The van der Waals surface area contributed by atoms with E-state index in [0.29, 0.717) is 0 Å². The molecule has 0 saturated heterocycles. The van der Waals surface area contributed by atoms with E-state index in [1.165, 1.54) is 7.11 Å². The molecule has 168 valence electrons. The van der Waals surface area contributed by atoms with Crippen LogP contribution in [0.1, 0.15) is 24.5 Å². The summed E-state index contributed by atoms with van der Waals surface area (Å²) in [5.41, 5.74) is 1.62. The lowest BCUT2D eigenvalue weighted by molar-refractivity contribution is -0.145. The number of nitriles is 1. The van der Waals surface area contributed by atoms with E-state index in [0.717, 1.165) is 11.1 Å². The molecule has 0 fully saturated rings. The van der Waals surface area contributed by atoms with Gasteiger partial charge in [-0.15, -0.1) is 0 Å². The lowest BCUT2D eigenvalue weighted by atomic mass is 10.0. The van der Waals surface area contributed by atoms with E-state index in [1.54, 1.807) is 6.92 Å². The van der Waals surface area contributed by atoms with Gasteiger partial charge in [0.15, 0.2) is 0 Å². The van der Waals surface area contributed by atoms with Gasteiger partial charge in [0.05, 0.1) is 13.2 Å². The van der Waals surface area contributed by atoms with Crippen LogP contribution in [0.4, 0.5) is 4.79 Å². The second-order valence-electron chi connectivity index (χ2n) is 7.30. The molecule has 0 radical (unpaired) electrons. The number of carbonyl (C=O) groups excluding carboxylic acids is 3. The zero-order valence-electron chi connectivity index (χ0n) is 18.1. The van der Waals surface area contributed by atoms with Gasteiger partial charge in [-0.2, -0.15) is 5.26 Å². The van der Waals surface area contributed by atoms with Crippen LogP contribution in [0.25, 0.3) is 0 Å². The number of carbonyl (C=O) groups is 3. The van der Waals surface area contributed by atoms with Crippen LogP contribution in [-0.4, -0.2) is 37.2 Å². The van der Waals surface area contributed by atoms with E-state index in [-0.39, 0.29) is 19.4 Å². The van der Waals surface area contributed by atoms with Gasteiger partial charge in [-0.1, -0.05) is 60.7 Å². The summed E-state index contributed by atoms with van der Waals surface area (Å²) in [5.74, 6) is -1.72. The Hall–Kier alpha value is -3.86. The number of amides is 2. The maximum absolute atomic E-state index is 13.0. The van der Waals surface area contributed by atoms with Crippen molar-refractivity contribution in [2.45, 2.75) is 38.5 Å². The van der Waals surface area contributed by atoms with E-state index in [4.69, 9.17) is 14.7 Å². The Morgan fingerprint density at radius 2 is 1.53 bits per heavy atom. The molecule has 0 aliphatic heterocycles. The van der Waals surface area contributed by atoms with Crippen molar-refractivity contribution in [3.8, 4) is 6.07 Å². The van der Waals surface area contributed by atoms with Crippen molar-refractivity contribution in [2.75, 3.05) is 7.11 Å². The first-order valence-electron chi connectivity index (χ1n) is 10.2. The standard InChI is InChI=1S/C24H27N3O5/c1-17(15-25)13-21(23(29)31-2)26-22(28)20(14-18-9-5-3-6-10-18)27-24(30)32-16-19-11-7-4-8-12-19/h3-12,17,20-21H,13-14,16H2,1-2H3,(H,26,28)(H,27,30)/t17-,20+,21+/m0/s1. The molecule has 2 amide bonds. The quantitative estimate of drug-likeness (QED) is 0.552. The van der Waals surface area contributed by atoms with E-state index in [2.05, 4.69) is 10.6 Å². The van der Waals surface area contributed by atoms with Gasteiger partial charge >= 0.3 is 12.1 Å². The highest BCUT2D eigenvalue weighted by Crippen LogP contribution is 2.09. The fourth-order valence-corrected chi connectivity index (χ4v) is 3.00. The molecule has 0 aromatic heterocycles. The van der Waals surface area contributed by atoms with Crippen molar-refractivity contribution in [1.82, 2.24) is 10.6 Å². The third-order valence-corrected chi connectivity index (χ3v) is 4.72. The normalized spacial score (nSPS) is 13.0. The zero-order chi connectivity index (χ0) is 23.3. The summed E-state index contributed by atoms with van der Waals surface area (Å²) in [4.78, 5) is 37.5. The largest absolute Gasteiger partial charge is 0.467 e. The average molecular weight is 437 g/mol. The number of ether oxygens (including phenoxy) is 2. The molecule has 0 heterocycles. The summed E-state index contributed by atoms with van der Waals surface area (Å²) in [6, 6.07) is 18.3. The van der Waals surface area contributed by atoms with Gasteiger partial charge in [0.2, 0.25) is 5.91 Å². The average Bonchev–Trinajstić information content (AvgIpc) is 2.82. The predicted molar refractivity (Wildman–Crippen MR) is 117 cm³/mol. The summed E-state index contributed by atoms with van der Waals surface area (Å²) in [6.45, 7) is 1.69. The molecule has 0 spiro atoms. The summed E-state index contributed by atoms with van der Waals surface area (Å²) in [5, 5.41) is 14.2. The highest BCUT2D eigenvalue weighted by Gasteiger charge is 2.29. The summed E-state index contributed by atoms with van der Waals surface area (Å²) < 4.78 is 9.99. The first-order chi connectivity index (χ1) is 15.4. The Balaban J connectivity index is 2.10. The van der Waals surface area contributed by atoms with Crippen LogP contribution in [-0.2, 0) is 32.1 Å². The topological polar surface area (TPSA) is 118 Å². The fourth-order valence-electron chi connectivity index (χ4n) is 3.00. The second-order valence-corrected chi connectivity index (χ2v) is 7.30. The summed E-state index contributed by atoms with van der Waals surface area (Å²) in [7, 11) is 1.21. The molecule has 8 nitrogen and oxygen atoms in total. The smallest absolute Gasteiger partial charge is 0.408 e. The molecule has 2 rings (SSSR count). The van der Waals surface area contributed by atoms with Crippen LogP contribution >= 0.6 is 0 Å². The molecular weight excluding hydrogens is 410 g/mol. The lowest BCUT2D eigenvalue weighted by Crippen LogP contribution is -2.53. The van der Waals surface area contributed by atoms with Crippen molar-refractivity contribution < 1.29 is 23.9 Å². The Bertz CT molecular complexity index is 928. The molecule has 0 saturated carbocycles. The van der Waals surface area contributed by atoms with Crippen LogP contribution in [0.3, 0.4) is 0 Å². The third-order valence-electron chi connectivity index (χ3n) is 4.72. The molecular formula is C24H27N3O5. The maximum atomic E-state index is 13.0. The molecule has 0 unspecified atom stereocenters. The maximum Gasteiger partial charge on any atom is 0.408 e. The van der Waals surface area contributed by atoms with Crippen molar-refractivity contribution in [2.24, 2.45) is 5.92 Å². The van der Waals surface area contributed by atoms with Gasteiger partial charge in [-0.3, -0.25) is 4.79 Å². The molecule has 8 heteroatoms. The van der Waals surface area contributed by atoms with Gasteiger partial charge in [0.25, 0.3) is 0 Å². The number of rotatable bonds is 10. The number of nitrogens with one attached hydrogen (secondary N) is 2. The first kappa shape index (κ1) is 24.4. The Kier molecular flexibility index (Phi) is 9.72. The van der Waals surface area contributed by atoms with Crippen LogP contribution < -0.4 is 10.6 Å². The third kappa shape index (κ3) is 8.11. The van der Waals surface area contributed by atoms with Gasteiger partial charge in [-0.25, -0.2) is 9.59 Å². The number of benzene rings is 2. The van der Waals surface area contributed by atoms with Crippen molar-refractivity contribution in [3.63, 3.8) is 0 Å². The highest BCUT2D eigenvalue weighted by molar-refractivity contribution is 5.89. The minimum absolute atomic E-state index is 0.0524. The van der Waals surface area contributed by atoms with Crippen molar-refractivity contribution in [1.29, 1.82) is 5.26 Å². The predicted octanol–water partition coefficient (Wildman–Crippen LogP) is 2.73. The van der Waals surface area contributed by atoms with E-state index in [1.807, 2.05) is 66.7 Å². The van der Waals surface area contributed by atoms with E-state index in [9.17, 15) is 14.4 Å². The number of hydrogen-bond acceptors (Lipinski definition) is 6. The molecule has 2 N–H and O–H groups in total. The van der Waals surface area contributed by atoms with Crippen molar-refractivity contribution >= 4 is 18.0 Å². The van der Waals surface area contributed by atoms with Crippen LogP contribution in [0.2, 0.25) is 0 Å². The highest BCUT2D eigenvalue weighted by atomic mass is 16.5. The Labute approximate surface area is 187 Å². The summed E-state index contributed by atoms with van der Waals surface area (Å²) in [6.07, 6.45) is -0.481. The number of alkyl carbamates (subject to hydrolysis) is 1. The van der Waals surface area contributed by atoms with Gasteiger partial charge in [0, 0.05) is 12.3 Å². The number of esters is 1. The molecule has 0 aliphatic carbocycles. The molecule has 32 heavy (non-hydrogen) atoms. The molecule has 2 aromatic rings. The van der Waals surface area contributed by atoms with Gasteiger partial charge in [0.1, 0.15) is 18.7 Å². The van der Waals surface area contributed by atoms with Crippen LogP contribution in [0.5, 0.6) is 0 Å². The number of hydrogen-bond donors (Lipinski definition) is 2. The minimum atomic E-state index is -1.01. The first-order valence-corrected chi connectivity index (χ1v) is 10.2. The molecule has 0 aliphatic rings. The molecule has 0 bridgehead atoms. The monoisotopic (exact) mass is 437 g/mol. The molecule has 3 atom stereocenters. The van der Waals surface area contributed by atoms with Crippen LogP contribution in [0, 0.1) is 17.2 Å². The fraction of sp³-hybridized carbons (Fsp3) is 0.333. The Morgan fingerprint density at radius 1 is 0.938 bits per heavy atom. The second kappa shape index (κ2) is 12.7.